The smallest absolute Gasteiger partial charge is 0.357 e. The molecular formula is C22H27BrN4O8S. The number of ether oxygens (including phenoxy) is 3. The van der Waals surface area contributed by atoms with E-state index >= 15 is 0 Å². The van der Waals surface area contributed by atoms with Crippen LogP contribution >= 0.6 is 27.7 Å². The van der Waals surface area contributed by atoms with E-state index in [0.717, 1.165) is 0 Å². The Morgan fingerprint density at radius 1 is 1.28 bits per heavy atom. The van der Waals surface area contributed by atoms with E-state index in [4.69, 9.17) is 14.2 Å². The predicted molar refractivity (Wildman–Crippen MR) is 134 cm³/mol. The molecule has 36 heavy (non-hydrogen) atoms. The molecule has 2 fully saturated rings. The van der Waals surface area contributed by atoms with Crippen LogP contribution in [0.1, 0.15) is 12.5 Å². The summed E-state index contributed by atoms with van der Waals surface area (Å²) in [6.07, 6.45) is 0. The van der Waals surface area contributed by atoms with E-state index in [1.165, 1.54) is 55.0 Å². The lowest BCUT2D eigenvalue weighted by molar-refractivity contribution is -0.384. The van der Waals surface area contributed by atoms with Crippen molar-refractivity contribution in [2.24, 2.45) is 0 Å². The second-order valence-electron chi connectivity index (χ2n) is 7.88. The number of non-ortho nitro benzene ring substituents is 1. The zero-order valence-corrected chi connectivity index (χ0v) is 22.2. The third-order valence-corrected chi connectivity index (χ3v) is 7.23. The summed E-state index contributed by atoms with van der Waals surface area (Å²) in [4.78, 5) is 52.0. The lowest BCUT2D eigenvalue weighted by Gasteiger charge is -2.47. The van der Waals surface area contributed by atoms with Gasteiger partial charge in [0.2, 0.25) is 5.91 Å². The van der Waals surface area contributed by atoms with Gasteiger partial charge in [-0.25, -0.2) is 4.79 Å². The van der Waals surface area contributed by atoms with Crippen molar-refractivity contribution in [1.29, 1.82) is 0 Å². The van der Waals surface area contributed by atoms with Crippen LogP contribution in [-0.2, 0) is 35.2 Å². The van der Waals surface area contributed by atoms with E-state index in [1.807, 2.05) is 4.90 Å². The number of amides is 2. The number of rotatable bonds is 11. The predicted octanol–water partition coefficient (Wildman–Crippen LogP) is 1.59. The Bertz CT molecular complexity index is 1020. The summed E-state index contributed by atoms with van der Waals surface area (Å²) in [5, 5.41) is 13.2. The number of nitrogens with one attached hydrogen (secondary N) is 1. The van der Waals surface area contributed by atoms with Crippen LogP contribution in [0.3, 0.4) is 0 Å². The van der Waals surface area contributed by atoms with Crippen molar-refractivity contribution in [2.45, 2.75) is 24.9 Å². The molecule has 2 atom stereocenters. The molecular weight excluding hydrogens is 560 g/mol. The van der Waals surface area contributed by atoms with Crippen molar-refractivity contribution in [3.05, 3.63) is 51.3 Å². The molecule has 0 aromatic heterocycles. The number of allylic oxidation sites excluding steroid dienone is 1. The Labute approximate surface area is 220 Å². The van der Waals surface area contributed by atoms with Gasteiger partial charge in [-0.15, -0.1) is 11.8 Å². The quantitative estimate of drug-likeness (QED) is 0.0772. The highest BCUT2D eigenvalue weighted by Crippen LogP contribution is 2.36. The van der Waals surface area contributed by atoms with Crippen LogP contribution < -0.4 is 5.32 Å². The maximum atomic E-state index is 13.5. The summed E-state index contributed by atoms with van der Waals surface area (Å²) in [5.74, 6) is -1.30. The van der Waals surface area contributed by atoms with Gasteiger partial charge in [-0.1, -0.05) is 15.9 Å². The number of alkyl halides is 1. The Kier molecular flexibility index (Phi) is 10.1. The number of morpholine rings is 1. The minimum atomic E-state index is -0.818. The highest BCUT2D eigenvalue weighted by atomic mass is 79.9. The second-order valence-corrected chi connectivity index (χ2v) is 9.49. The molecule has 1 aromatic carbocycles. The molecule has 0 radical (unpaired) electrons. The lowest BCUT2D eigenvalue weighted by atomic mass is 10.0. The summed E-state index contributed by atoms with van der Waals surface area (Å²) in [7, 11) is 1.51. The molecule has 0 bridgehead atoms. The van der Waals surface area contributed by atoms with Crippen LogP contribution in [-0.4, -0.2) is 88.6 Å². The highest BCUT2D eigenvalue weighted by molar-refractivity contribution is 9.09. The van der Waals surface area contributed by atoms with Gasteiger partial charge in [0.15, 0.2) is 5.70 Å². The molecule has 2 aliphatic heterocycles. The largest absolute Gasteiger partial charge is 0.456 e. The molecule has 3 rings (SSSR count). The van der Waals surface area contributed by atoms with Gasteiger partial charge in [0, 0.05) is 44.6 Å². The fourth-order valence-corrected chi connectivity index (χ4v) is 5.41. The van der Waals surface area contributed by atoms with Gasteiger partial charge in [-0.2, -0.15) is 0 Å². The minimum Gasteiger partial charge on any atom is -0.456 e. The van der Waals surface area contributed by atoms with E-state index in [9.17, 15) is 24.5 Å². The summed E-state index contributed by atoms with van der Waals surface area (Å²) in [5.41, 5.74) is 1.10. The number of methoxy groups -OCH3 is 1. The fourth-order valence-electron chi connectivity index (χ4n) is 3.78. The molecule has 2 amide bonds. The number of carbonyl (C=O) groups is 3. The zero-order valence-electron chi connectivity index (χ0n) is 19.8. The van der Waals surface area contributed by atoms with Gasteiger partial charge in [0.1, 0.15) is 18.0 Å². The van der Waals surface area contributed by atoms with Crippen LogP contribution in [0.25, 0.3) is 0 Å². The van der Waals surface area contributed by atoms with E-state index < -0.39 is 28.2 Å². The zero-order chi connectivity index (χ0) is 26.2. The Morgan fingerprint density at radius 3 is 2.50 bits per heavy atom. The number of nitro benzene ring substituents is 1. The summed E-state index contributed by atoms with van der Waals surface area (Å²) in [6.45, 7) is 3.14. The van der Waals surface area contributed by atoms with Crippen molar-refractivity contribution in [2.75, 3.05) is 44.7 Å². The molecule has 1 N–H and O–H groups in total. The third-order valence-electron chi connectivity index (χ3n) is 5.50. The molecule has 2 saturated heterocycles. The number of esters is 1. The average molecular weight is 587 g/mol. The number of nitrogens with zero attached hydrogens (tertiary/aromatic N) is 3. The number of likely N-dealkylation sites (tertiary alicyclic amines) is 1. The van der Waals surface area contributed by atoms with Crippen LogP contribution in [0.15, 0.2) is 35.7 Å². The van der Waals surface area contributed by atoms with Crippen molar-refractivity contribution >= 4 is 51.2 Å². The maximum absolute atomic E-state index is 13.5. The monoisotopic (exact) mass is 586 g/mol. The van der Waals surface area contributed by atoms with E-state index in [1.54, 1.807) is 0 Å². The van der Waals surface area contributed by atoms with Crippen molar-refractivity contribution < 1.29 is 33.5 Å². The summed E-state index contributed by atoms with van der Waals surface area (Å²) >= 11 is 4.72. The van der Waals surface area contributed by atoms with Crippen LogP contribution in [0, 0.1) is 10.1 Å². The number of benzene rings is 1. The number of hydrogen-bond donors (Lipinski definition) is 1. The van der Waals surface area contributed by atoms with Gasteiger partial charge in [-0.05, 0) is 17.7 Å². The molecule has 2 unspecified atom stereocenters. The number of carbonyl (C=O) groups excluding carboxylic acids is 3. The molecule has 12 nitrogen and oxygen atoms in total. The van der Waals surface area contributed by atoms with E-state index in [2.05, 4.69) is 21.2 Å². The molecule has 0 spiro atoms. The van der Waals surface area contributed by atoms with Gasteiger partial charge >= 0.3 is 5.97 Å². The Balaban J connectivity index is 1.91. The fraction of sp³-hybridized carbons (Fsp3) is 0.500. The van der Waals surface area contributed by atoms with Crippen LogP contribution in [0.5, 0.6) is 0 Å². The van der Waals surface area contributed by atoms with Crippen molar-refractivity contribution in [3.63, 3.8) is 0 Å². The molecule has 2 aliphatic rings. The minimum absolute atomic E-state index is 0.0656. The molecule has 1 aromatic rings. The Hall–Kier alpha value is -2.68. The van der Waals surface area contributed by atoms with Crippen molar-refractivity contribution in [3.8, 4) is 0 Å². The standard InChI is InChI=1S/C22H27BrN4O8S/c1-14(28)24-18-20(29)26(21(18)36-13-33-2)19(17(11-23)25-7-9-34-10-8-25)22(30)35-12-15-3-5-16(6-4-15)27(31)32/h3-6,18,21H,7-13H2,1-2H3,(H,24,28). The van der Waals surface area contributed by atoms with Gasteiger partial charge in [0.25, 0.3) is 11.6 Å². The summed E-state index contributed by atoms with van der Waals surface area (Å²) in [6, 6.07) is 4.83. The number of thioether (sulfide) groups is 1. The third kappa shape index (κ3) is 6.55. The first-order valence-corrected chi connectivity index (χ1v) is 13.2. The molecule has 0 aliphatic carbocycles. The summed E-state index contributed by atoms with van der Waals surface area (Å²) < 4.78 is 16.2. The maximum Gasteiger partial charge on any atom is 0.357 e. The number of halogens is 1. The van der Waals surface area contributed by atoms with E-state index in [-0.39, 0.29) is 35.2 Å². The molecule has 2 heterocycles. The first-order valence-electron chi connectivity index (χ1n) is 11.0. The topological polar surface area (TPSA) is 141 Å². The SMILES string of the molecule is COCSC1C(NC(C)=O)C(=O)N1C(C(=O)OCc1ccc([N+](=O)[O-])cc1)=C(CBr)N1CCOCC1. The van der Waals surface area contributed by atoms with Gasteiger partial charge < -0.3 is 24.4 Å². The first-order chi connectivity index (χ1) is 17.3. The average Bonchev–Trinajstić information content (AvgIpc) is 2.88. The van der Waals surface area contributed by atoms with Crippen molar-refractivity contribution in [1.82, 2.24) is 15.1 Å². The van der Waals surface area contributed by atoms with Gasteiger partial charge in [0.05, 0.1) is 29.8 Å². The van der Waals surface area contributed by atoms with E-state index in [0.29, 0.717) is 37.6 Å². The normalized spacial score (nSPS) is 20.4. The van der Waals surface area contributed by atoms with Crippen LogP contribution in [0.2, 0.25) is 0 Å². The molecule has 196 valence electrons. The number of β-lactam (4-membered cyclic amide) rings is 1. The number of hydrogen-bond acceptors (Lipinski definition) is 10. The second kappa shape index (κ2) is 13.0. The highest BCUT2D eigenvalue weighted by Gasteiger charge is 2.52. The number of nitro groups is 1. The Morgan fingerprint density at radius 2 is 1.94 bits per heavy atom. The lowest BCUT2D eigenvalue weighted by Crippen LogP contribution is -2.69. The first kappa shape index (κ1) is 27.9. The molecule has 0 saturated carbocycles. The molecule has 14 heteroatoms. The van der Waals surface area contributed by atoms with Gasteiger partial charge in [-0.3, -0.25) is 24.6 Å². The van der Waals surface area contributed by atoms with Crippen LogP contribution in [0.4, 0.5) is 5.69 Å².